The van der Waals surface area contributed by atoms with Crippen LogP contribution in [0.5, 0.6) is 0 Å². The van der Waals surface area contributed by atoms with Crippen LogP contribution in [-0.2, 0) is 6.42 Å². The second kappa shape index (κ2) is 5.02. The first-order valence-electron chi connectivity index (χ1n) is 6.43. The molecule has 0 saturated heterocycles. The topological polar surface area (TPSA) is 12.9 Å². The summed E-state index contributed by atoms with van der Waals surface area (Å²) in [5.74, 6) is 0. The predicted molar refractivity (Wildman–Crippen MR) is 81.6 cm³/mol. The predicted octanol–water partition coefficient (Wildman–Crippen LogP) is 5.12. The third-order valence-corrected chi connectivity index (χ3v) is 3.61. The van der Waals surface area contributed by atoms with Crippen molar-refractivity contribution in [3.63, 3.8) is 0 Å². The fourth-order valence-corrected chi connectivity index (χ4v) is 2.55. The molecule has 0 radical (unpaired) electrons. The standard InChI is InChI=1S/C17H14ClN/c1-2-12-11-14-9-6-10-15(18)17(14)19-16(12)13-7-4-3-5-8-13/h3-11H,2H2,1H3. The van der Waals surface area contributed by atoms with Crippen LogP contribution < -0.4 is 0 Å². The first-order valence-corrected chi connectivity index (χ1v) is 6.81. The molecule has 94 valence electrons. The van der Waals surface area contributed by atoms with Crippen LogP contribution in [-0.4, -0.2) is 4.98 Å². The molecular weight excluding hydrogens is 254 g/mol. The minimum Gasteiger partial charge on any atom is -0.246 e. The van der Waals surface area contributed by atoms with E-state index in [2.05, 4.69) is 31.2 Å². The highest BCUT2D eigenvalue weighted by Crippen LogP contribution is 2.29. The highest BCUT2D eigenvalue weighted by atomic mass is 35.5. The summed E-state index contributed by atoms with van der Waals surface area (Å²) < 4.78 is 0. The van der Waals surface area contributed by atoms with E-state index in [1.165, 1.54) is 5.56 Å². The van der Waals surface area contributed by atoms with Gasteiger partial charge in [-0.1, -0.05) is 61.0 Å². The number of hydrogen-bond acceptors (Lipinski definition) is 1. The molecule has 3 aromatic rings. The molecule has 0 unspecified atom stereocenters. The number of aryl methyl sites for hydroxylation is 1. The molecular formula is C17H14ClN. The van der Waals surface area contributed by atoms with Crippen molar-refractivity contribution < 1.29 is 0 Å². The quantitative estimate of drug-likeness (QED) is 0.628. The van der Waals surface area contributed by atoms with Gasteiger partial charge in [-0.3, -0.25) is 0 Å². The van der Waals surface area contributed by atoms with Gasteiger partial charge >= 0.3 is 0 Å². The Hall–Kier alpha value is -1.86. The van der Waals surface area contributed by atoms with E-state index in [0.717, 1.165) is 28.6 Å². The molecule has 0 saturated carbocycles. The summed E-state index contributed by atoms with van der Waals surface area (Å²) in [6, 6.07) is 18.4. The molecule has 0 aliphatic heterocycles. The molecule has 1 nitrogen and oxygen atoms in total. The van der Waals surface area contributed by atoms with Crippen molar-refractivity contribution in [3.05, 3.63) is 65.2 Å². The second-order valence-electron chi connectivity index (χ2n) is 4.53. The maximum Gasteiger partial charge on any atom is 0.0895 e. The van der Waals surface area contributed by atoms with Gasteiger partial charge in [-0.05, 0) is 24.1 Å². The van der Waals surface area contributed by atoms with Crippen molar-refractivity contribution in [1.82, 2.24) is 4.98 Å². The number of para-hydroxylation sites is 1. The molecule has 1 aromatic heterocycles. The Bertz CT molecular complexity index is 720. The lowest BCUT2D eigenvalue weighted by atomic mass is 10.0. The van der Waals surface area contributed by atoms with Gasteiger partial charge in [0, 0.05) is 10.9 Å². The molecule has 0 aliphatic rings. The lowest BCUT2D eigenvalue weighted by molar-refractivity contribution is 1.12. The average molecular weight is 268 g/mol. The molecule has 0 atom stereocenters. The molecule has 0 spiro atoms. The molecule has 0 aliphatic carbocycles. The maximum absolute atomic E-state index is 6.25. The smallest absolute Gasteiger partial charge is 0.0895 e. The molecule has 0 fully saturated rings. The fourth-order valence-electron chi connectivity index (χ4n) is 2.32. The summed E-state index contributed by atoms with van der Waals surface area (Å²) in [5.41, 5.74) is 4.30. The van der Waals surface area contributed by atoms with Crippen molar-refractivity contribution in [2.24, 2.45) is 0 Å². The van der Waals surface area contributed by atoms with Gasteiger partial charge in [-0.2, -0.15) is 0 Å². The Morgan fingerprint density at radius 2 is 1.79 bits per heavy atom. The first kappa shape index (κ1) is 12.2. The van der Waals surface area contributed by atoms with Crippen molar-refractivity contribution >= 4 is 22.5 Å². The lowest BCUT2D eigenvalue weighted by Crippen LogP contribution is -1.93. The van der Waals surface area contributed by atoms with E-state index in [1.54, 1.807) is 0 Å². The molecule has 2 aromatic carbocycles. The third-order valence-electron chi connectivity index (χ3n) is 3.30. The van der Waals surface area contributed by atoms with Crippen molar-refractivity contribution in [2.75, 3.05) is 0 Å². The second-order valence-corrected chi connectivity index (χ2v) is 4.93. The van der Waals surface area contributed by atoms with E-state index in [4.69, 9.17) is 16.6 Å². The van der Waals surface area contributed by atoms with Gasteiger partial charge < -0.3 is 0 Å². The fraction of sp³-hybridized carbons (Fsp3) is 0.118. The average Bonchev–Trinajstić information content (AvgIpc) is 2.47. The van der Waals surface area contributed by atoms with Crippen molar-refractivity contribution in [3.8, 4) is 11.3 Å². The highest BCUT2D eigenvalue weighted by molar-refractivity contribution is 6.35. The SMILES string of the molecule is CCc1cc2cccc(Cl)c2nc1-c1ccccc1. The van der Waals surface area contributed by atoms with Crippen LogP contribution in [0.25, 0.3) is 22.2 Å². The van der Waals surface area contributed by atoms with E-state index in [-0.39, 0.29) is 0 Å². The van der Waals surface area contributed by atoms with Gasteiger partial charge in [0.2, 0.25) is 0 Å². The van der Waals surface area contributed by atoms with Crippen LogP contribution in [0, 0.1) is 0 Å². The van der Waals surface area contributed by atoms with Gasteiger partial charge in [0.1, 0.15) is 0 Å². The molecule has 1 heterocycles. The summed E-state index contributed by atoms with van der Waals surface area (Å²) in [4.78, 5) is 4.78. The molecule has 3 rings (SSSR count). The van der Waals surface area contributed by atoms with Gasteiger partial charge in [0.15, 0.2) is 0 Å². The zero-order valence-corrected chi connectivity index (χ0v) is 11.5. The van der Waals surface area contributed by atoms with E-state index in [1.807, 2.05) is 30.3 Å². The Morgan fingerprint density at radius 1 is 1.00 bits per heavy atom. The summed E-state index contributed by atoms with van der Waals surface area (Å²) in [7, 11) is 0. The number of aromatic nitrogens is 1. The molecule has 19 heavy (non-hydrogen) atoms. The largest absolute Gasteiger partial charge is 0.246 e. The Labute approximate surface area is 117 Å². The maximum atomic E-state index is 6.25. The van der Waals surface area contributed by atoms with Crippen LogP contribution in [0.15, 0.2) is 54.6 Å². The van der Waals surface area contributed by atoms with Crippen molar-refractivity contribution in [1.29, 1.82) is 0 Å². The Kier molecular flexibility index (Phi) is 3.22. The van der Waals surface area contributed by atoms with E-state index in [0.29, 0.717) is 5.02 Å². The zero-order valence-electron chi connectivity index (χ0n) is 10.7. The summed E-state index contributed by atoms with van der Waals surface area (Å²) >= 11 is 6.25. The minimum atomic E-state index is 0.706. The lowest BCUT2D eigenvalue weighted by Gasteiger charge is -2.10. The van der Waals surface area contributed by atoms with Crippen LogP contribution in [0.1, 0.15) is 12.5 Å². The normalized spacial score (nSPS) is 10.8. The molecule has 0 bridgehead atoms. The number of hydrogen-bond donors (Lipinski definition) is 0. The molecule has 0 N–H and O–H groups in total. The highest BCUT2D eigenvalue weighted by Gasteiger charge is 2.09. The number of halogens is 1. The first-order chi connectivity index (χ1) is 9.29. The van der Waals surface area contributed by atoms with E-state index in [9.17, 15) is 0 Å². The van der Waals surface area contributed by atoms with Crippen LogP contribution in [0.4, 0.5) is 0 Å². The van der Waals surface area contributed by atoms with Gasteiger partial charge in [-0.25, -0.2) is 4.98 Å². The summed E-state index contributed by atoms with van der Waals surface area (Å²) in [6.07, 6.45) is 0.958. The number of pyridine rings is 1. The Balaban J connectivity index is 2.32. The van der Waals surface area contributed by atoms with Gasteiger partial charge in [0.25, 0.3) is 0 Å². The monoisotopic (exact) mass is 267 g/mol. The number of nitrogens with zero attached hydrogens (tertiary/aromatic N) is 1. The van der Waals surface area contributed by atoms with Crippen molar-refractivity contribution in [2.45, 2.75) is 13.3 Å². The van der Waals surface area contributed by atoms with E-state index < -0.39 is 0 Å². The number of fused-ring (bicyclic) bond motifs is 1. The summed E-state index contributed by atoms with van der Waals surface area (Å²) in [5, 5.41) is 1.81. The van der Waals surface area contributed by atoms with Crippen LogP contribution in [0.3, 0.4) is 0 Å². The van der Waals surface area contributed by atoms with Gasteiger partial charge in [0.05, 0.1) is 16.2 Å². The van der Waals surface area contributed by atoms with Crippen LogP contribution >= 0.6 is 11.6 Å². The zero-order chi connectivity index (χ0) is 13.2. The van der Waals surface area contributed by atoms with Crippen LogP contribution in [0.2, 0.25) is 5.02 Å². The Morgan fingerprint density at radius 3 is 2.53 bits per heavy atom. The summed E-state index contributed by atoms with van der Waals surface area (Å²) in [6.45, 7) is 2.15. The van der Waals surface area contributed by atoms with Gasteiger partial charge in [-0.15, -0.1) is 0 Å². The third kappa shape index (κ3) is 2.22. The molecule has 0 amide bonds. The van der Waals surface area contributed by atoms with E-state index >= 15 is 0 Å². The molecule has 2 heteroatoms. The number of rotatable bonds is 2. The minimum absolute atomic E-state index is 0.706. The number of benzene rings is 2.